The summed E-state index contributed by atoms with van der Waals surface area (Å²) in [5, 5.41) is 7.35. The topological polar surface area (TPSA) is 74.2 Å². The Bertz CT molecular complexity index is 795. The molecule has 0 aliphatic heterocycles. The fraction of sp³-hybridized carbons (Fsp3) is 0.0588. The Labute approximate surface area is 141 Å². The Morgan fingerprint density at radius 2 is 1.74 bits per heavy atom. The number of anilines is 1. The number of nitrogens with zero attached hydrogens (tertiary/aromatic N) is 2. The van der Waals surface area contributed by atoms with Crippen LogP contribution in [0.1, 0.15) is 17.0 Å². The molecule has 0 aliphatic carbocycles. The maximum atomic E-state index is 5.76. The van der Waals surface area contributed by atoms with E-state index in [0.29, 0.717) is 12.5 Å². The maximum Gasteiger partial charge on any atom is 0.313 e. The quantitative estimate of drug-likeness (QED) is 0.728. The summed E-state index contributed by atoms with van der Waals surface area (Å²) in [5.41, 5.74) is 7.48. The summed E-state index contributed by atoms with van der Waals surface area (Å²) in [4.78, 5) is 0. The highest BCUT2D eigenvalue weighted by Gasteiger charge is 1.99. The third-order valence-corrected chi connectivity index (χ3v) is 3.60. The Hall–Kier alpha value is -2.60. The third kappa shape index (κ3) is 4.43. The Morgan fingerprint density at radius 1 is 1.00 bits per heavy atom. The second-order valence-electron chi connectivity index (χ2n) is 4.80. The first-order chi connectivity index (χ1) is 11.2. The van der Waals surface area contributed by atoms with Gasteiger partial charge in [-0.3, -0.25) is 0 Å². The summed E-state index contributed by atoms with van der Waals surface area (Å²) in [6.07, 6.45) is 3.58. The summed E-state index contributed by atoms with van der Waals surface area (Å²) >= 11 is 3.41. The number of nitrogens with two attached hydrogens (primary N) is 1. The molecule has 23 heavy (non-hydrogen) atoms. The Kier molecular flexibility index (Phi) is 4.73. The largest absolute Gasteiger partial charge is 0.489 e. The number of benzene rings is 2. The van der Waals surface area contributed by atoms with Gasteiger partial charge in [-0.2, -0.15) is 0 Å². The number of halogens is 1. The van der Waals surface area contributed by atoms with Crippen LogP contribution in [0.25, 0.3) is 12.2 Å². The maximum absolute atomic E-state index is 5.76. The first kappa shape index (κ1) is 15.3. The van der Waals surface area contributed by atoms with E-state index in [2.05, 4.69) is 26.1 Å². The highest BCUT2D eigenvalue weighted by molar-refractivity contribution is 9.10. The van der Waals surface area contributed by atoms with Crippen LogP contribution in [0.15, 0.2) is 57.4 Å². The van der Waals surface area contributed by atoms with Gasteiger partial charge < -0.3 is 14.9 Å². The van der Waals surface area contributed by atoms with Gasteiger partial charge in [0.15, 0.2) is 0 Å². The summed E-state index contributed by atoms with van der Waals surface area (Å²) in [7, 11) is 0. The number of ether oxygens (including phenoxy) is 1. The molecule has 1 heterocycles. The standard InChI is InChI=1S/C17H14BrN3O2/c18-14-6-1-13(2-7-14)11-22-15-8-3-12(4-9-15)5-10-16-20-21-17(19)23-16/h1-10H,11H2,(H2,19,21)/b10-5+. The highest BCUT2D eigenvalue weighted by atomic mass is 79.9. The monoisotopic (exact) mass is 371 g/mol. The molecule has 0 unspecified atom stereocenters. The summed E-state index contributed by atoms with van der Waals surface area (Å²) < 4.78 is 11.9. The molecule has 3 aromatic rings. The highest BCUT2D eigenvalue weighted by Crippen LogP contribution is 2.17. The zero-order valence-electron chi connectivity index (χ0n) is 12.1. The first-order valence-electron chi connectivity index (χ1n) is 6.93. The molecule has 0 spiro atoms. The van der Waals surface area contributed by atoms with Gasteiger partial charge in [0.25, 0.3) is 0 Å². The van der Waals surface area contributed by atoms with E-state index in [9.17, 15) is 0 Å². The number of nitrogen functional groups attached to an aromatic ring is 1. The minimum absolute atomic E-state index is 0.0568. The number of hydrogen-bond donors (Lipinski definition) is 1. The van der Waals surface area contributed by atoms with Crippen molar-refractivity contribution in [3.05, 3.63) is 70.0 Å². The predicted octanol–water partition coefficient (Wildman–Crippen LogP) is 4.16. The van der Waals surface area contributed by atoms with E-state index >= 15 is 0 Å². The molecule has 6 heteroatoms. The molecule has 0 saturated heterocycles. The second kappa shape index (κ2) is 7.11. The second-order valence-corrected chi connectivity index (χ2v) is 5.71. The molecule has 2 aromatic carbocycles. The smallest absolute Gasteiger partial charge is 0.313 e. The lowest BCUT2D eigenvalue weighted by Gasteiger charge is -2.06. The molecule has 116 valence electrons. The van der Waals surface area contributed by atoms with Crippen molar-refractivity contribution in [3.8, 4) is 5.75 Å². The Balaban J connectivity index is 1.58. The van der Waals surface area contributed by atoms with E-state index in [4.69, 9.17) is 14.9 Å². The van der Waals surface area contributed by atoms with Crippen LogP contribution in [0.5, 0.6) is 5.75 Å². The van der Waals surface area contributed by atoms with Crippen LogP contribution in [-0.2, 0) is 6.61 Å². The SMILES string of the molecule is Nc1nnc(/C=C/c2ccc(OCc3ccc(Br)cc3)cc2)o1. The fourth-order valence-electron chi connectivity index (χ4n) is 1.90. The van der Waals surface area contributed by atoms with Crippen molar-refractivity contribution < 1.29 is 9.15 Å². The van der Waals surface area contributed by atoms with Crippen LogP contribution in [0.2, 0.25) is 0 Å². The molecule has 0 aliphatic rings. The van der Waals surface area contributed by atoms with Crippen molar-refractivity contribution in [3.63, 3.8) is 0 Å². The molecule has 0 atom stereocenters. The van der Waals surface area contributed by atoms with Gasteiger partial charge >= 0.3 is 6.01 Å². The molecule has 2 N–H and O–H groups in total. The lowest BCUT2D eigenvalue weighted by atomic mass is 10.2. The van der Waals surface area contributed by atoms with Gasteiger partial charge in [-0.05, 0) is 41.5 Å². The van der Waals surface area contributed by atoms with Gasteiger partial charge in [-0.15, -0.1) is 5.10 Å². The van der Waals surface area contributed by atoms with Gasteiger partial charge in [-0.1, -0.05) is 45.3 Å². The van der Waals surface area contributed by atoms with Crippen LogP contribution < -0.4 is 10.5 Å². The van der Waals surface area contributed by atoms with Crippen LogP contribution in [0.4, 0.5) is 6.01 Å². The molecule has 1 aromatic heterocycles. The lowest BCUT2D eigenvalue weighted by Crippen LogP contribution is -1.94. The van der Waals surface area contributed by atoms with Crippen molar-refractivity contribution in [1.82, 2.24) is 10.2 Å². The van der Waals surface area contributed by atoms with E-state index < -0.39 is 0 Å². The Morgan fingerprint density at radius 3 is 2.39 bits per heavy atom. The molecular weight excluding hydrogens is 358 g/mol. The minimum atomic E-state index is 0.0568. The van der Waals surface area contributed by atoms with Crippen molar-refractivity contribution in [2.24, 2.45) is 0 Å². The van der Waals surface area contributed by atoms with Crippen LogP contribution in [0, 0.1) is 0 Å². The molecule has 0 bridgehead atoms. The summed E-state index contributed by atoms with van der Waals surface area (Å²) in [6.45, 7) is 0.531. The van der Waals surface area contributed by atoms with E-state index in [0.717, 1.165) is 21.3 Å². The van der Waals surface area contributed by atoms with Crippen molar-refractivity contribution in [2.45, 2.75) is 6.61 Å². The zero-order chi connectivity index (χ0) is 16.1. The van der Waals surface area contributed by atoms with E-state index in [1.54, 1.807) is 6.08 Å². The molecule has 5 nitrogen and oxygen atoms in total. The van der Waals surface area contributed by atoms with Gasteiger partial charge in [0.05, 0.1) is 0 Å². The average molecular weight is 372 g/mol. The van der Waals surface area contributed by atoms with Crippen LogP contribution >= 0.6 is 15.9 Å². The molecule has 3 rings (SSSR count). The van der Waals surface area contributed by atoms with Gasteiger partial charge in [-0.25, -0.2) is 0 Å². The zero-order valence-corrected chi connectivity index (χ0v) is 13.7. The van der Waals surface area contributed by atoms with Crippen molar-refractivity contribution in [2.75, 3.05) is 5.73 Å². The number of hydrogen-bond acceptors (Lipinski definition) is 5. The van der Waals surface area contributed by atoms with E-state index in [-0.39, 0.29) is 6.01 Å². The number of aromatic nitrogens is 2. The number of rotatable bonds is 5. The molecule has 0 radical (unpaired) electrons. The molecule has 0 saturated carbocycles. The predicted molar refractivity (Wildman–Crippen MR) is 92.6 cm³/mol. The van der Waals surface area contributed by atoms with Gasteiger partial charge in [0.2, 0.25) is 5.89 Å². The summed E-state index contributed by atoms with van der Waals surface area (Å²) in [6, 6.07) is 15.8. The van der Waals surface area contributed by atoms with Crippen LogP contribution in [0.3, 0.4) is 0 Å². The third-order valence-electron chi connectivity index (χ3n) is 3.07. The fourth-order valence-corrected chi connectivity index (χ4v) is 2.17. The van der Waals surface area contributed by atoms with Gasteiger partial charge in [0.1, 0.15) is 12.4 Å². The summed E-state index contributed by atoms with van der Waals surface area (Å²) in [5.74, 6) is 1.19. The lowest BCUT2D eigenvalue weighted by molar-refractivity contribution is 0.306. The molecule has 0 fully saturated rings. The first-order valence-corrected chi connectivity index (χ1v) is 7.73. The van der Waals surface area contributed by atoms with Crippen molar-refractivity contribution >= 4 is 34.1 Å². The van der Waals surface area contributed by atoms with E-state index in [1.165, 1.54) is 0 Å². The van der Waals surface area contributed by atoms with Crippen LogP contribution in [-0.4, -0.2) is 10.2 Å². The van der Waals surface area contributed by atoms with E-state index in [1.807, 2.05) is 54.6 Å². The van der Waals surface area contributed by atoms with Gasteiger partial charge in [0, 0.05) is 10.5 Å². The molecule has 0 amide bonds. The average Bonchev–Trinajstić information content (AvgIpc) is 2.99. The van der Waals surface area contributed by atoms with Crippen molar-refractivity contribution in [1.29, 1.82) is 0 Å². The normalized spacial score (nSPS) is 11.0. The molecular formula is C17H14BrN3O2. The minimum Gasteiger partial charge on any atom is -0.489 e.